The number of amides is 1. The second-order valence-electron chi connectivity index (χ2n) is 4.41. The number of hydrogen-bond donors (Lipinski definition) is 2. The molecule has 2 rings (SSSR count). The van der Waals surface area contributed by atoms with Crippen LogP contribution >= 0.6 is 12.2 Å². The molecule has 0 radical (unpaired) electrons. The van der Waals surface area contributed by atoms with Crippen molar-refractivity contribution >= 4 is 23.1 Å². The van der Waals surface area contributed by atoms with Crippen molar-refractivity contribution in [1.29, 1.82) is 0 Å². The van der Waals surface area contributed by atoms with E-state index in [1.807, 2.05) is 0 Å². The van der Waals surface area contributed by atoms with Crippen molar-refractivity contribution in [3.8, 4) is 0 Å². The highest BCUT2D eigenvalue weighted by molar-refractivity contribution is 7.80. The Balaban J connectivity index is 1.95. The van der Waals surface area contributed by atoms with Crippen molar-refractivity contribution in [2.24, 2.45) is 11.1 Å². The van der Waals surface area contributed by atoms with Gasteiger partial charge in [-0.25, -0.2) is 0 Å². The number of thiocarbonyl (C=S) groups is 1. The van der Waals surface area contributed by atoms with Crippen LogP contribution in [0.15, 0.2) is 10.6 Å². The van der Waals surface area contributed by atoms with Crippen LogP contribution in [-0.2, 0) is 11.3 Å². The highest BCUT2D eigenvalue weighted by atomic mass is 32.1. The molecule has 0 aromatic carbocycles. The van der Waals surface area contributed by atoms with Crippen LogP contribution < -0.4 is 11.1 Å². The lowest BCUT2D eigenvalue weighted by Gasteiger charge is -2.38. The number of nitrogens with zero attached hydrogens (tertiary/aromatic N) is 1. The predicted octanol–water partition coefficient (Wildman–Crippen LogP) is 1.06. The summed E-state index contributed by atoms with van der Waals surface area (Å²) in [5.74, 6) is 0.624. The van der Waals surface area contributed by atoms with Gasteiger partial charge in [0.05, 0.1) is 16.9 Å². The molecule has 92 valence electrons. The third-order valence-electron chi connectivity index (χ3n) is 3.22. The smallest absolute Gasteiger partial charge is 0.233 e. The third kappa shape index (κ3) is 2.17. The van der Waals surface area contributed by atoms with E-state index in [0.29, 0.717) is 12.2 Å². The van der Waals surface area contributed by atoms with Crippen LogP contribution in [0.2, 0.25) is 0 Å². The second kappa shape index (κ2) is 4.44. The van der Waals surface area contributed by atoms with E-state index >= 15 is 0 Å². The molecule has 5 nitrogen and oxygen atoms in total. The zero-order valence-corrected chi connectivity index (χ0v) is 10.5. The average Bonchev–Trinajstić information content (AvgIpc) is 2.59. The Morgan fingerprint density at radius 2 is 2.41 bits per heavy atom. The molecule has 0 aliphatic heterocycles. The summed E-state index contributed by atoms with van der Waals surface area (Å²) in [6, 6.07) is 1.79. The topological polar surface area (TPSA) is 81.2 Å². The maximum atomic E-state index is 12.0. The van der Waals surface area contributed by atoms with E-state index in [9.17, 15) is 4.79 Å². The molecule has 0 bridgehead atoms. The fourth-order valence-corrected chi connectivity index (χ4v) is 2.25. The fourth-order valence-electron chi connectivity index (χ4n) is 1.96. The quantitative estimate of drug-likeness (QED) is 0.784. The Morgan fingerprint density at radius 3 is 2.82 bits per heavy atom. The summed E-state index contributed by atoms with van der Waals surface area (Å²) in [6.07, 6.45) is 2.48. The van der Waals surface area contributed by atoms with Gasteiger partial charge in [0.2, 0.25) is 5.91 Å². The van der Waals surface area contributed by atoms with Gasteiger partial charge in [0.25, 0.3) is 0 Å². The average molecular weight is 253 g/mol. The molecule has 0 saturated heterocycles. The molecule has 17 heavy (non-hydrogen) atoms. The van der Waals surface area contributed by atoms with Crippen molar-refractivity contribution in [3.05, 3.63) is 17.5 Å². The molecule has 6 heteroatoms. The highest BCUT2D eigenvalue weighted by Crippen LogP contribution is 2.41. The van der Waals surface area contributed by atoms with Crippen LogP contribution in [0.5, 0.6) is 0 Å². The van der Waals surface area contributed by atoms with Gasteiger partial charge in [0, 0.05) is 6.07 Å². The molecule has 1 aromatic rings. The largest absolute Gasteiger partial charge is 0.392 e. The number of hydrogen-bond acceptors (Lipinski definition) is 4. The van der Waals surface area contributed by atoms with E-state index in [2.05, 4.69) is 10.5 Å². The number of nitrogens with two attached hydrogens (primary N) is 1. The summed E-state index contributed by atoms with van der Waals surface area (Å²) >= 11 is 4.97. The molecule has 1 heterocycles. The first kappa shape index (κ1) is 12.0. The van der Waals surface area contributed by atoms with E-state index in [1.165, 1.54) is 0 Å². The van der Waals surface area contributed by atoms with Gasteiger partial charge < -0.3 is 15.6 Å². The van der Waals surface area contributed by atoms with E-state index in [1.54, 1.807) is 13.0 Å². The summed E-state index contributed by atoms with van der Waals surface area (Å²) in [6.45, 7) is 2.15. The molecule has 3 N–H and O–H groups in total. The molecule has 1 saturated carbocycles. The molecule has 1 aromatic heterocycles. The molecule has 1 aliphatic carbocycles. The third-order valence-corrected chi connectivity index (χ3v) is 3.61. The normalized spacial score (nSPS) is 17.2. The first-order chi connectivity index (χ1) is 8.04. The highest BCUT2D eigenvalue weighted by Gasteiger charge is 2.46. The van der Waals surface area contributed by atoms with Gasteiger partial charge in [-0.3, -0.25) is 4.79 Å². The maximum Gasteiger partial charge on any atom is 0.233 e. The van der Waals surface area contributed by atoms with Crippen LogP contribution in [0.4, 0.5) is 0 Å². The van der Waals surface area contributed by atoms with E-state index in [0.717, 1.165) is 25.0 Å². The fraction of sp³-hybridized carbons (Fsp3) is 0.545. The number of rotatable bonds is 4. The van der Waals surface area contributed by atoms with Gasteiger partial charge in [-0.2, -0.15) is 0 Å². The Kier molecular flexibility index (Phi) is 3.15. The SMILES string of the molecule is Cc1cc(CNC(=O)C2(C(N)=S)CCC2)no1. The van der Waals surface area contributed by atoms with Gasteiger partial charge in [-0.1, -0.05) is 23.8 Å². The van der Waals surface area contributed by atoms with Crippen LogP contribution in [0, 0.1) is 12.3 Å². The lowest BCUT2D eigenvalue weighted by molar-refractivity contribution is -0.131. The first-order valence-electron chi connectivity index (χ1n) is 5.55. The number of carbonyl (C=O) groups is 1. The molecular formula is C11H15N3O2S. The lowest BCUT2D eigenvalue weighted by Crippen LogP contribution is -2.52. The predicted molar refractivity (Wildman–Crippen MR) is 66.2 cm³/mol. The number of aromatic nitrogens is 1. The summed E-state index contributed by atoms with van der Waals surface area (Å²) in [5.41, 5.74) is 5.71. The minimum Gasteiger partial charge on any atom is -0.392 e. The summed E-state index contributed by atoms with van der Waals surface area (Å²) < 4.78 is 4.92. The molecule has 1 fully saturated rings. The van der Waals surface area contributed by atoms with Gasteiger partial charge in [-0.05, 0) is 19.8 Å². The van der Waals surface area contributed by atoms with Gasteiger partial charge in [0.1, 0.15) is 11.5 Å². The Hall–Kier alpha value is -1.43. The molecule has 1 amide bonds. The summed E-state index contributed by atoms with van der Waals surface area (Å²) in [5, 5.41) is 6.61. The van der Waals surface area contributed by atoms with Crippen molar-refractivity contribution in [2.45, 2.75) is 32.7 Å². The number of carbonyl (C=O) groups excluding carboxylic acids is 1. The number of aryl methyl sites for hydroxylation is 1. The Bertz CT molecular complexity index is 451. The molecule has 0 spiro atoms. The monoisotopic (exact) mass is 253 g/mol. The second-order valence-corrected chi connectivity index (χ2v) is 4.85. The van der Waals surface area contributed by atoms with Gasteiger partial charge in [0.15, 0.2) is 0 Å². The van der Waals surface area contributed by atoms with Gasteiger partial charge >= 0.3 is 0 Å². The Morgan fingerprint density at radius 1 is 1.71 bits per heavy atom. The van der Waals surface area contributed by atoms with Crippen LogP contribution in [-0.4, -0.2) is 16.1 Å². The molecule has 0 unspecified atom stereocenters. The molecule has 0 atom stereocenters. The lowest BCUT2D eigenvalue weighted by atomic mass is 9.68. The zero-order chi connectivity index (χ0) is 12.5. The first-order valence-corrected chi connectivity index (χ1v) is 5.96. The van der Waals surface area contributed by atoms with E-state index in [-0.39, 0.29) is 10.9 Å². The van der Waals surface area contributed by atoms with Crippen molar-refractivity contribution in [2.75, 3.05) is 0 Å². The van der Waals surface area contributed by atoms with Crippen LogP contribution in [0.25, 0.3) is 0 Å². The van der Waals surface area contributed by atoms with Crippen LogP contribution in [0.3, 0.4) is 0 Å². The van der Waals surface area contributed by atoms with E-state index < -0.39 is 5.41 Å². The zero-order valence-electron chi connectivity index (χ0n) is 9.66. The maximum absolute atomic E-state index is 12.0. The van der Waals surface area contributed by atoms with Crippen molar-refractivity contribution < 1.29 is 9.32 Å². The molecule has 1 aliphatic rings. The van der Waals surface area contributed by atoms with Crippen LogP contribution in [0.1, 0.15) is 30.7 Å². The van der Waals surface area contributed by atoms with E-state index in [4.69, 9.17) is 22.5 Å². The summed E-state index contributed by atoms with van der Waals surface area (Å²) in [4.78, 5) is 12.3. The minimum atomic E-state index is -0.631. The minimum absolute atomic E-state index is 0.100. The standard InChI is InChI=1S/C11H15N3O2S/c1-7-5-8(14-16-7)6-13-10(15)11(9(12)17)3-2-4-11/h5H,2-4,6H2,1H3,(H2,12,17)(H,13,15). The van der Waals surface area contributed by atoms with Gasteiger partial charge in [-0.15, -0.1) is 0 Å². The summed E-state index contributed by atoms with van der Waals surface area (Å²) in [7, 11) is 0. The van der Waals surface area contributed by atoms with Crippen molar-refractivity contribution in [1.82, 2.24) is 10.5 Å². The Labute approximate surface area is 105 Å². The molecular weight excluding hydrogens is 238 g/mol. The van der Waals surface area contributed by atoms with Crippen molar-refractivity contribution in [3.63, 3.8) is 0 Å². The number of nitrogens with one attached hydrogen (secondary N) is 1.